The van der Waals surface area contributed by atoms with Gasteiger partial charge < -0.3 is 9.84 Å². The number of aliphatic carboxylic acids is 1. The Morgan fingerprint density at radius 1 is 1.18 bits per heavy atom. The molecule has 1 aromatic carbocycles. The summed E-state index contributed by atoms with van der Waals surface area (Å²) in [7, 11) is 1.56. The van der Waals surface area contributed by atoms with Gasteiger partial charge in [0.05, 0.1) is 7.11 Å². The largest absolute Gasteiger partial charge is 0.497 e. The van der Waals surface area contributed by atoms with Crippen molar-refractivity contribution in [2.45, 2.75) is 13.8 Å². The molecule has 0 saturated heterocycles. The Hall–Kier alpha value is -2.10. The lowest BCUT2D eigenvalue weighted by molar-refractivity contribution is -0.131. The van der Waals surface area contributed by atoms with Crippen molar-refractivity contribution >= 4 is 11.8 Å². The van der Waals surface area contributed by atoms with Crippen molar-refractivity contribution in [3.05, 3.63) is 41.0 Å². The minimum atomic E-state index is -1.14. The lowest BCUT2D eigenvalue weighted by Crippen LogP contribution is -2.03. The summed E-state index contributed by atoms with van der Waals surface area (Å²) in [6.45, 7) is 3.58. The minimum absolute atomic E-state index is 0.315. The van der Waals surface area contributed by atoms with E-state index in [-0.39, 0.29) is 5.78 Å². The van der Waals surface area contributed by atoms with Crippen molar-refractivity contribution in [1.82, 2.24) is 0 Å². The van der Waals surface area contributed by atoms with Crippen molar-refractivity contribution < 1.29 is 19.4 Å². The van der Waals surface area contributed by atoms with Crippen LogP contribution in [0.5, 0.6) is 5.75 Å². The molecule has 0 atom stereocenters. The van der Waals surface area contributed by atoms with E-state index in [4.69, 9.17) is 9.84 Å². The molecule has 4 heteroatoms. The summed E-state index contributed by atoms with van der Waals surface area (Å²) < 4.78 is 5.09. The van der Waals surface area contributed by atoms with Crippen molar-refractivity contribution in [2.75, 3.05) is 7.11 Å². The third kappa shape index (κ3) is 3.17. The van der Waals surface area contributed by atoms with Crippen LogP contribution in [0.25, 0.3) is 0 Å². The summed E-state index contributed by atoms with van der Waals surface area (Å²) in [5.41, 5.74) is 2.05. The summed E-state index contributed by atoms with van der Waals surface area (Å²) in [5.74, 6) is -0.772. The summed E-state index contributed by atoms with van der Waals surface area (Å²) in [5, 5.41) is 8.47. The first-order valence-electron chi connectivity index (χ1n) is 5.06. The average molecular weight is 234 g/mol. The van der Waals surface area contributed by atoms with Gasteiger partial charge in [0.25, 0.3) is 0 Å². The van der Waals surface area contributed by atoms with Crippen LogP contribution in [0.4, 0.5) is 0 Å². The molecule has 0 aliphatic rings. The number of methoxy groups -OCH3 is 1. The molecule has 0 aliphatic carbocycles. The molecule has 0 heterocycles. The van der Waals surface area contributed by atoms with Gasteiger partial charge in [-0.05, 0) is 43.2 Å². The Bertz CT molecular complexity index is 463. The van der Waals surface area contributed by atoms with Crippen LogP contribution >= 0.6 is 0 Å². The van der Waals surface area contributed by atoms with Crippen molar-refractivity contribution in [3.8, 4) is 5.75 Å². The summed E-state index contributed by atoms with van der Waals surface area (Å²) >= 11 is 0. The first kappa shape index (κ1) is 13.0. The van der Waals surface area contributed by atoms with Gasteiger partial charge in [0, 0.05) is 11.6 Å². The molecule has 0 unspecified atom stereocenters. The molecule has 4 nitrogen and oxygen atoms in total. The molecule has 1 rings (SSSR count). The standard InChI is InChI=1S/C13H14O4/c1-8-6-10(17-3)7-9(2)13(8)11(14)4-5-12(15)16/h4-7H,1-3H3,(H,15,16)/b5-4+. The van der Waals surface area contributed by atoms with Crippen LogP contribution in [0.3, 0.4) is 0 Å². The van der Waals surface area contributed by atoms with Crippen LogP contribution in [0, 0.1) is 13.8 Å². The molecule has 0 bridgehead atoms. The van der Waals surface area contributed by atoms with E-state index in [1.807, 2.05) is 0 Å². The van der Waals surface area contributed by atoms with Gasteiger partial charge in [-0.2, -0.15) is 0 Å². The van der Waals surface area contributed by atoms with E-state index >= 15 is 0 Å². The number of hydrogen-bond donors (Lipinski definition) is 1. The molecule has 1 N–H and O–H groups in total. The Labute approximate surface area is 99.5 Å². The Morgan fingerprint density at radius 2 is 1.71 bits per heavy atom. The maximum absolute atomic E-state index is 11.8. The van der Waals surface area contributed by atoms with Crippen LogP contribution in [-0.2, 0) is 4.79 Å². The second-order valence-corrected chi connectivity index (χ2v) is 3.67. The first-order chi connectivity index (χ1) is 7.95. The SMILES string of the molecule is COc1cc(C)c(C(=O)/C=C/C(=O)O)c(C)c1. The Morgan fingerprint density at radius 3 is 2.12 bits per heavy atom. The molecule has 0 aliphatic heterocycles. The molecular weight excluding hydrogens is 220 g/mol. The molecular formula is C13H14O4. The number of carboxylic acid groups (broad SMARTS) is 1. The topological polar surface area (TPSA) is 63.6 Å². The zero-order valence-corrected chi connectivity index (χ0v) is 9.98. The fraction of sp³-hybridized carbons (Fsp3) is 0.231. The van der Waals surface area contributed by atoms with E-state index in [0.29, 0.717) is 11.3 Å². The van der Waals surface area contributed by atoms with Gasteiger partial charge in [-0.25, -0.2) is 4.79 Å². The van der Waals surface area contributed by atoms with Crippen molar-refractivity contribution in [2.24, 2.45) is 0 Å². The molecule has 1 aromatic rings. The van der Waals surface area contributed by atoms with Gasteiger partial charge in [-0.3, -0.25) is 4.79 Å². The molecule has 17 heavy (non-hydrogen) atoms. The fourth-order valence-electron chi connectivity index (χ4n) is 1.66. The molecule has 0 saturated carbocycles. The molecule has 0 amide bonds. The number of ketones is 1. The predicted molar refractivity (Wildman–Crippen MR) is 63.6 cm³/mol. The number of ether oxygens (including phenoxy) is 1. The second-order valence-electron chi connectivity index (χ2n) is 3.67. The zero-order valence-electron chi connectivity index (χ0n) is 9.98. The lowest BCUT2D eigenvalue weighted by atomic mass is 9.98. The lowest BCUT2D eigenvalue weighted by Gasteiger charge is -2.09. The Kier molecular flexibility index (Phi) is 4.04. The van der Waals surface area contributed by atoms with E-state index in [9.17, 15) is 9.59 Å². The normalized spacial score (nSPS) is 10.5. The fourth-order valence-corrected chi connectivity index (χ4v) is 1.66. The second kappa shape index (κ2) is 5.30. The van der Waals surface area contributed by atoms with Gasteiger partial charge in [-0.1, -0.05) is 0 Å². The number of allylic oxidation sites excluding steroid dienone is 1. The van der Waals surface area contributed by atoms with Crippen LogP contribution in [-0.4, -0.2) is 24.0 Å². The zero-order chi connectivity index (χ0) is 13.0. The number of hydrogen-bond acceptors (Lipinski definition) is 3. The maximum atomic E-state index is 11.8. The highest BCUT2D eigenvalue weighted by Crippen LogP contribution is 2.22. The van der Waals surface area contributed by atoms with E-state index in [2.05, 4.69) is 0 Å². The molecule has 0 radical (unpaired) electrons. The van der Waals surface area contributed by atoms with Crippen molar-refractivity contribution in [3.63, 3.8) is 0 Å². The highest BCUT2D eigenvalue weighted by atomic mass is 16.5. The Balaban J connectivity index is 3.14. The number of aryl methyl sites for hydroxylation is 2. The van der Waals surface area contributed by atoms with Gasteiger partial charge in [0.1, 0.15) is 5.75 Å². The molecule has 0 fully saturated rings. The van der Waals surface area contributed by atoms with Gasteiger partial charge in [0.15, 0.2) is 5.78 Å². The van der Waals surface area contributed by atoms with Gasteiger partial charge in [-0.15, -0.1) is 0 Å². The molecule has 0 aromatic heterocycles. The van der Waals surface area contributed by atoms with E-state index < -0.39 is 5.97 Å². The van der Waals surface area contributed by atoms with Crippen LogP contribution in [0.15, 0.2) is 24.3 Å². The van der Waals surface area contributed by atoms with Crippen molar-refractivity contribution in [1.29, 1.82) is 0 Å². The summed E-state index contributed by atoms with van der Waals surface area (Å²) in [6.07, 6.45) is 1.90. The van der Waals surface area contributed by atoms with Gasteiger partial charge >= 0.3 is 5.97 Å². The summed E-state index contributed by atoms with van der Waals surface area (Å²) in [4.78, 5) is 22.1. The highest BCUT2D eigenvalue weighted by Gasteiger charge is 2.11. The quantitative estimate of drug-likeness (QED) is 0.640. The monoisotopic (exact) mass is 234 g/mol. The van der Waals surface area contributed by atoms with Crippen LogP contribution in [0.1, 0.15) is 21.5 Å². The number of rotatable bonds is 4. The van der Waals surface area contributed by atoms with E-state index in [0.717, 1.165) is 23.3 Å². The average Bonchev–Trinajstić information content (AvgIpc) is 2.25. The van der Waals surface area contributed by atoms with E-state index in [1.165, 1.54) is 0 Å². The minimum Gasteiger partial charge on any atom is -0.497 e. The van der Waals surface area contributed by atoms with Crippen LogP contribution < -0.4 is 4.74 Å². The number of carbonyl (C=O) groups excluding carboxylic acids is 1. The summed E-state index contributed by atoms with van der Waals surface area (Å²) in [6, 6.07) is 3.49. The van der Waals surface area contributed by atoms with E-state index in [1.54, 1.807) is 33.1 Å². The third-order valence-corrected chi connectivity index (χ3v) is 2.37. The smallest absolute Gasteiger partial charge is 0.328 e. The molecule has 90 valence electrons. The molecule has 0 spiro atoms. The highest BCUT2D eigenvalue weighted by molar-refractivity contribution is 6.08. The third-order valence-electron chi connectivity index (χ3n) is 2.37. The maximum Gasteiger partial charge on any atom is 0.328 e. The van der Waals surface area contributed by atoms with Crippen LogP contribution in [0.2, 0.25) is 0 Å². The first-order valence-corrected chi connectivity index (χ1v) is 5.06. The number of carbonyl (C=O) groups is 2. The number of carboxylic acids is 1. The predicted octanol–water partition coefficient (Wildman–Crippen LogP) is 2.14. The van der Waals surface area contributed by atoms with Gasteiger partial charge in [0.2, 0.25) is 0 Å². The number of benzene rings is 1.